The molecule has 0 fully saturated rings. The molecule has 1 aliphatic heterocycles. The fourth-order valence-corrected chi connectivity index (χ4v) is 2.85. The van der Waals surface area contributed by atoms with E-state index in [1.807, 2.05) is 30.3 Å². The topological polar surface area (TPSA) is 34.4 Å². The van der Waals surface area contributed by atoms with E-state index in [-0.39, 0.29) is 6.10 Å². The van der Waals surface area contributed by atoms with Crippen molar-refractivity contribution in [2.75, 3.05) is 6.54 Å². The van der Waals surface area contributed by atoms with Gasteiger partial charge < -0.3 is 14.5 Å². The highest BCUT2D eigenvalue weighted by molar-refractivity contribution is 6.30. The minimum atomic E-state index is 0.199. The molecule has 2 aromatic rings. The van der Waals surface area contributed by atoms with E-state index in [0.717, 1.165) is 42.3 Å². The van der Waals surface area contributed by atoms with Crippen LogP contribution in [0, 0.1) is 0 Å². The van der Waals surface area contributed by atoms with E-state index in [0.29, 0.717) is 6.04 Å². The van der Waals surface area contributed by atoms with Crippen molar-refractivity contribution in [3.63, 3.8) is 0 Å². The summed E-state index contributed by atoms with van der Waals surface area (Å²) >= 11 is 6.01. The molecule has 0 bridgehead atoms. The summed E-state index contributed by atoms with van der Waals surface area (Å²) in [5, 5.41) is 4.31. The van der Waals surface area contributed by atoms with Gasteiger partial charge in [-0.15, -0.1) is 0 Å². The fraction of sp³-hybridized carbons (Fsp3) is 0.412. The average Bonchev–Trinajstić information content (AvgIpc) is 3.11. The van der Waals surface area contributed by atoms with Gasteiger partial charge >= 0.3 is 0 Å². The molecule has 4 heteroatoms. The van der Waals surface area contributed by atoms with Crippen molar-refractivity contribution in [3.8, 4) is 5.75 Å². The lowest BCUT2D eigenvalue weighted by Crippen LogP contribution is -2.36. The van der Waals surface area contributed by atoms with Gasteiger partial charge in [0.25, 0.3) is 0 Å². The molecule has 1 N–H and O–H groups in total. The van der Waals surface area contributed by atoms with Crippen molar-refractivity contribution in [2.24, 2.45) is 0 Å². The third-order valence-electron chi connectivity index (χ3n) is 3.86. The quantitative estimate of drug-likeness (QED) is 0.880. The van der Waals surface area contributed by atoms with Crippen molar-refractivity contribution in [1.29, 1.82) is 0 Å². The second-order valence-electron chi connectivity index (χ2n) is 5.62. The monoisotopic (exact) mass is 305 g/mol. The highest BCUT2D eigenvalue weighted by Crippen LogP contribution is 2.30. The molecule has 0 amide bonds. The summed E-state index contributed by atoms with van der Waals surface area (Å²) in [5.74, 6) is 2.01. The minimum absolute atomic E-state index is 0.199. The zero-order valence-electron chi connectivity index (χ0n) is 12.1. The molecule has 0 saturated heterocycles. The zero-order valence-corrected chi connectivity index (χ0v) is 12.9. The molecule has 112 valence electrons. The smallest absolute Gasteiger partial charge is 0.123 e. The highest BCUT2D eigenvalue weighted by Gasteiger charge is 2.23. The molecule has 1 aromatic heterocycles. The van der Waals surface area contributed by atoms with Crippen LogP contribution in [-0.4, -0.2) is 18.7 Å². The standard InChI is InChI=1S/C17H20ClNO2/c1-12(4-6-15-3-2-8-20-15)19-11-16-10-13-9-14(18)5-7-17(13)21-16/h2-3,5,7-9,12,16,19H,4,6,10-11H2,1H3. The molecule has 2 atom stereocenters. The number of furan rings is 1. The van der Waals surface area contributed by atoms with Gasteiger partial charge in [-0.1, -0.05) is 11.6 Å². The van der Waals surface area contributed by atoms with Gasteiger partial charge in [-0.05, 0) is 49.2 Å². The minimum Gasteiger partial charge on any atom is -0.488 e. The van der Waals surface area contributed by atoms with E-state index in [9.17, 15) is 0 Å². The molecular formula is C17H20ClNO2. The summed E-state index contributed by atoms with van der Waals surface area (Å²) in [7, 11) is 0. The van der Waals surface area contributed by atoms with E-state index in [2.05, 4.69) is 12.2 Å². The normalized spacial score (nSPS) is 18.3. The molecule has 2 unspecified atom stereocenters. The lowest BCUT2D eigenvalue weighted by molar-refractivity contribution is 0.221. The summed E-state index contributed by atoms with van der Waals surface area (Å²) in [6, 6.07) is 10.2. The number of halogens is 1. The molecule has 3 nitrogen and oxygen atoms in total. The number of aryl methyl sites for hydroxylation is 1. The summed E-state index contributed by atoms with van der Waals surface area (Å²) in [5.41, 5.74) is 1.21. The maximum atomic E-state index is 6.01. The Bertz CT molecular complexity index is 582. The average molecular weight is 306 g/mol. The number of nitrogens with one attached hydrogen (secondary N) is 1. The van der Waals surface area contributed by atoms with Crippen LogP contribution in [0.2, 0.25) is 5.02 Å². The van der Waals surface area contributed by atoms with E-state index >= 15 is 0 Å². The van der Waals surface area contributed by atoms with Crippen LogP contribution in [0.5, 0.6) is 5.75 Å². The predicted molar refractivity (Wildman–Crippen MR) is 84.1 cm³/mol. The van der Waals surface area contributed by atoms with Gasteiger partial charge in [0.15, 0.2) is 0 Å². The maximum absolute atomic E-state index is 6.01. The second kappa shape index (κ2) is 6.54. The van der Waals surface area contributed by atoms with Crippen LogP contribution in [-0.2, 0) is 12.8 Å². The largest absolute Gasteiger partial charge is 0.488 e. The number of hydrogen-bond acceptors (Lipinski definition) is 3. The molecule has 0 saturated carbocycles. The first-order valence-corrected chi connectivity index (χ1v) is 7.79. The van der Waals surface area contributed by atoms with Gasteiger partial charge in [-0.25, -0.2) is 0 Å². The number of benzene rings is 1. The van der Waals surface area contributed by atoms with Gasteiger partial charge in [0, 0.05) is 30.5 Å². The van der Waals surface area contributed by atoms with Gasteiger partial charge in [-0.3, -0.25) is 0 Å². The molecule has 0 radical (unpaired) electrons. The van der Waals surface area contributed by atoms with Crippen LogP contribution < -0.4 is 10.1 Å². The van der Waals surface area contributed by atoms with E-state index in [1.54, 1.807) is 6.26 Å². The Morgan fingerprint density at radius 1 is 1.38 bits per heavy atom. The van der Waals surface area contributed by atoms with Gasteiger partial charge in [0.1, 0.15) is 17.6 Å². The molecule has 3 rings (SSSR count). The Labute approximate surface area is 130 Å². The Morgan fingerprint density at radius 3 is 3.10 bits per heavy atom. The molecule has 1 aromatic carbocycles. The van der Waals surface area contributed by atoms with Crippen molar-refractivity contribution >= 4 is 11.6 Å². The Balaban J connectivity index is 1.42. The summed E-state index contributed by atoms with van der Waals surface area (Å²) in [6.45, 7) is 3.05. The van der Waals surface area contributed by atoms with Crippen LogP contribution in [0.3, 0.4) is 0 Å². The first-order valence-electron chi connectivity index (χ1n) is 7.41. The highest BCUT2D eigenvalue weighted by atomic mass is 35.5. The van der Waals surface area contributed by atoms with E-state index < -0.39 is 0 Å². The van der Waals surface area contributed by atoms with Gasteiger partial charge in [0.2, 0.25) is 0 Å². The van der Waals surface area contributed by atoms with Crippen molar-refractivity contribution in [1.82, 2.24) is 5.32 Å². The number of rotatable bonds is 6. The zero-order chi connectivity index (χ0) is 14.7. The lowest BCUT2D eigenvalue weighted by Gasteiger charge is -2.17. The van der Waals surface area contributed by atoms with Crippen LogP contribution >= 0.6 is 11.6 Å². The Hall–Kier alpha value is -1.45. The third-order valence-corrected chi connectivity index (χ3v) is 4.10. The fourth-order valence-electron chi connectivity index (χ4n) is 2.65. The van der Waals surface area contributed by atoms with Crippen molar-refractivity contribution < 1.29 is 9.15 Å². The molecule has 1 aliphatic rings. The number of ether oxygens (including phenoxy) is 1. The Morgan fingerprint density at radius 2 is 2.29 bits per heavy atom. The lowest BCUT2D eigenvalue weighted by atomic mass is 10.1. The molecule has 0 aliphatic carbocycles. The van der Waals surface area contributed by atoms with E-state index in [4.69, 9.17) is 20.8 Å². The SMILES string of the molecule is CC(CCc1ccco1)NCC1Cc2cc(Cl)ccc2O1. The Kier molecular flexibility index (Phi) is 4.51. The molecule has 0 spiro atoms. The second-order valence-corrected chi connectivity index (χ2v) is 6.06. The predicted octanol–water partition coefficient (Wildman–Crippen LogP) is 3.85. The summed E-state index contributed by atoms with van der Waals surface area (Å²) < 4.78 is 11.3. The first kappa shape index (κ1) is 14.5. The van der Waals surface area contributed by atoms with E-state index in [1.165, 1.54) is 5.56 Å². The van der Waals surface area contributed by atoms with Crippen LogP contribution in [0.25, 0.3) is 0 Å². The van der Waals surface area contributed by atoms with Gasteiger partial charge in [-0.2, -0.15) is 0 Å². The van der Waals surface area contributed by atoms with Crippen LogP contribution in [0.4, 0.5) is 0 Å². The molecule has 2 heterocycles. The molecule has 21 heavy (non-hydrogen) atoms. The first-order chi connectivity index (χ1) is 10.2. The summed E-state index contributed by atoms with van der Waals surface area (Å²) in [6.07, 6.45) is 4.86. The van der Waals surface area contributed by atoms with Crippen LogP contribution in [0.1, 0.15) is 24.7 Å². The van der Waals surface area contributed by atoms with Crippen molar-refractivity contribution in [2.45, 2.75) is 38.3 Å². The molecular weight excluding hydrogens is 286 g/mol. The maximum Gasteiger partial charge on any atom is 0.123 e. The third kappa shape index (κ3) is 3.80. The number of hydrogen-bond donors (Lipinski definition) is 1. The summed E-state index contributed by atoms with van der Waals surface area (Å²) in [4.78, 5) is 0. The number of fused-ring (bicyclic) bond motifs is 1. The van der Waals surface area contributed by atoms with Gasteiger partial charge in [0.05, 0.1) is 6.26 Å². The van der Waals surface area contributed by atoms with Crippen molar-refractivity contribution in [3.05, 3.63) is 52.9 Å². The van der Waals surface area contributed by atoms with Crippen LogP contribution in [0.15, 0.2) is 41.0 Å².